The highest BCUT2D eigenvalue weighted by Crippen LogP contribution is 2.43. The lowest BCUT2D eigenvalue weighted by Gasteiger charge is -2.53. The quantitative estimate of drug-likeness (QED) is 0.609. The first kappa shape index (κ1) is 21.7. The lowest BCUT2D eigenvalue weighted by atomic mass is 9.82. The van der Waals surface area contributed by atoms with Crippen molar-refractivity contribution in [1.82, 2.24) is 19.9 Å². The number of carbonyl (C=O) groups excluding carboxylic acids is 2. The highest BCUT2D eigenvalue weighted by molar-refractivity contribution is 6.31. The van der Waals surface area contributed by atoms with Gasteiger partial charge in [0.2, 0.25) is 5.91 Å². The van der Waals surface area contributed by atoms with Crippen molar-refractivity contribution >= 4 is 34.3 Å². The first-order valence-corrected chi connectivity index (χ1v) is 12.2. The van der Waals surface area contributed by atoms with Crippen LogP contribution < -0.4 is 0 Å². The van der Waals surface area contributed by atoms with Crippen molar-refractivity contribution < 1.29 is 18.8 Å². The van der Waals surface area contributed by atoms with E-state index in [2.05, 4.69) is 15.0 Å². The van der Waals surface area contributed by atoms with Crippen molar-refractivity contribution in [3.05, 3.63) is 52.0 Å². The Kier molecular flexibility index (Phi) is 5.18. The van der Waals surface area contributed by atoms with Crippen molar-refractivity contribution in [2.24, 2.45) is 0 Å². The maximum absolute atomic E-state index is 13.9. The number of hydrogen-bond donors (Lipinski definition) is 1. The van der Waals surface area contributed by atoms with Crippen molar-refractivity contribution in [3.63, 3.8) is 0 Å². The molecule has 2 fully saturated rings. The molecule has 0 bridgehead atoms. The number of aromatic nitrogens is 2. The minimum absolute atomic E-state index is 0.120. The van der Waals surface area contributed by atoms with Crippen molar-refractivity contribution in [2.75, 3.05) is 26.7 Å². The van der Waals surface area contributed by atoms with E-state index in [0.717, 1.165) is 55.2 Å². The lowest BCUT2D eigenvalue weighted by molar-refractivity contribution is -0.142. The number of carbonyl (C=O) groups is 2. The van der Waals surface area contributed by atoms with Crippen molar-refractivity contribution in [2.45, 2.75) is 50.2 Å². The number of fused-ring (bicyclic) bond motifs is 3. The number of aryl methyl sites for hydroxylation is 1. The van der Waals surface area contributed by atoms with Gasteiger partial charge >= 0.3 is 0 Å². The first-order chi connectivity index (χ1) is 16.5. The fourth-order valence-electron chi connectivity index (χ4n) is 6.13. The average molecular weight is 483 g/mol. The molecule has 1 aromatic carbocycles. The first-order valence-electron chi connectivity index (χ1n) is 11.8. The highest BCUT2D eigenvalue weighted by atomic mass is 35.5. The minimum atomic E-state index is -0.280. The van der Waals surface area contributed by atoms with Gasteiger partial charge in [0.15, 0.2) is 5.76 Å². The van der Waals surface area contributed by atoms with E-state index >= 15 is 0 Å². The zero-order valence-electron chi connectivity index (χ0n) is 19.1. The molecule has 3 aromatic rings. The van der Waals surface area contributed by atoms with E-state index < -0.39 is 0 Å². The molecule has 2 amide bonds. The summed E-state index contributed by atoms with van der Waals surface area (Å²) in [7, 11) is 1.55. The number of amides is 2. The molecule has 2 aromatic heterocycles. The molecule has 8 nitrogen and oxygen atoms in total. The molecule has 6 rings (SSSR count). The van der Waals surface area contributed by atoms with Gasteiger partial charge in [-0.25, -0.2) is 0 Å². The molecule has 1 unspecified atom stereocenters. The topological polar surface area (TPSA) is 91.7 Å². The number of nitrogens with zero attached hydrogens (tertiary/aromatic N) is 3. The van der Waals surface area contributed by atoms with Crippen LogP contribution in [0.3, 0.4) is 0 Å². The summed E-state index contributed by atoms with van der Waals surface area (Å²) in [5.74, 6) is 0.307. The molecule has 9 heteroatoms. The van der Waals surface area contributed by atoms with Crippen LogP contribution in [0.1, 0.15) is 59.0 Å². The number of halogens is 1. The van der Waals surface area contributed by atoms with Crippen LogP contribution in [0.5, 0.6) is 0 Å². The van der Waals surface area contributed by atoms with Crippen molar-refractivity contribution in [3.8, 4) is 0 Å². The van der Waals surface area contributed by atoms with Crippen LogP contribution in [0.15, 0.2) is 28.9 Å². The molecule has 1 N–H and O–H groups in total. The molecule has 0 saturated carbocycles. The molecular formula is C25H27ClN4O4. The maximum Gasteiger partial charge on any atom is 0.259 e. The van der Waals surface area contributed by atoms with Crippen LogP contribution in [-0.4, -0.2) is 64.0 Å². The summed E-state index contributed by atoms with van der Waals surface area (Å²) in [6.07, 6.45) is 6.09. The molecule has 178 valence electrons. The molecular weight excluding hydrogens is 456 g/mol. The third-order valence-corrected chi connectivity index (χ3v) is 7.97. The van der Waals surface area contributed by atoms with E-state index in [1.165, 1.54) is 11.8 Å². The van der Waals surface area contributed by atoms with E-state index in [1.807, 2.05) is 18.2 Å². The number of ether oxygens (including phenoxy) is 1. The van der Waals surface area contributed by atoms with Gasteiger partial charge in [0.25, 0.3) is 5.91 Å². The molecule has 34 heavy (non-hydrogen) atoms. The number of benzene rings is 1. The third-order valence-electron chi connectivity index (χ3n) is 7.74. The van der Waals surface area contributed by atoms with Gasteiger partial charge in [0.1, 0.15) is 12.2 Å². The normalized spacial score (nSPS) is 21.2. The molecule has 0 radical (unpaired) electrons. The number of rotatable bonds is 4. The Morgan fingerprint density at radius 2 is 2.18 bits per heavy atom. The van der Waals surface area contributed by atoms with Crippen LogP contribution in [0.2, 0.25) is 5.02 Å². The monoisotopic (exact) mass is 482 g/mol. The second-order valence-corrected chi connectivity index (χ2v) is 10.2. The van der Waals surface area contributed by atoms with E-state index in [9.17, 15) is 9.59 Å². The zero-order valence-corrected chi connectivity index (χ0v) is 19.9. The van der Waals surface area contributed by atoms with E-state index in [-0.39, 0.29) is 29.9 Å². The third kappa shape index (κ3) is 3.26. The Bertz CT molecular complexity index is 1280. The predicted octanol–water partition coefficient (Wildman–Crippen LogP) is 3.89. The van der Waals surface area contributed by atoms with Gasteiger partial charge in [-0.1, -0.05) is 16.8 Å². The summed E-state index contributed by atoms with van der Waals surface area (Å²) in [6.45, 7) is 2.01. The zero-order chi connectivity index (χ0) is 23.4. The average Bonchev–Trinajstić information content (AvgIpc) is 3.54. The second kappa shape index (κ2) is 8.13. The number of aromatic amines is 1. The van der Waals surface area contributed by atoms with Crippen LogP contribution >= 0.6 is 11.6 Å². The number of H-pyrrole nitrogens is 1. The summed E-state index contributed by atoms with van der Waals surface area (Å²) in [6, 6.07) is 5.87. The van der Waals surface area contributed by atoms with Gasteiger partial charge in [-0.3, -0.25) is 9.59 Å². The van der Waals surface area contributed by atoms with Crippen LogP contribution in [0.4, 0.5) is 0 Å². The smallest absolute Gasteiger partial charge is 0.259 e. The largest absolute Gasteiger partial charge is 0.377 e. The van der Waals surface area contributed by atoms with Crippen LogP contribution in [0, 0.1) is 0 Å². The Morgan fingerprint density at radius 3 is 3.00 bits per heavy atom. The number of likely N-dealkylation sites (tertiary alicyclic amines) is 2. The molecule has 3 aliphatic rings. The Labute approximate surface area is 202 Å². The summed E-state index contributed by atoms with van der Waals surface area (Å²) in [5.41, 5.74) is 3.45. The highest BCUT2D eigenvalue weighted by Gasteiger charge is 2.55. The van der Waals surface area contributed by atoms with Gasteiger partial charge in [-0.15, -0.1) is 0 Å². The van der Waals surface area contributed by atoms with Gasteiger partial charge < -0.3 is 24.0 Å². The van der Waals surface area contributed by atoms with E-state index in [4.69, 9.17) is 20.9 Å². The van der Waals surface area contributed by atoms with Gasteiger partial charge in [0.05, 0.1) is 17.7 Å². The molecule has 1 atom stereocenters. The molecule has 1 spiro atoms. The predicted molar refractivity (Wildman–Crippen MR) is 126 cm³/mol. The van der Waals surface area contributed by atoms with Gasteiger partial charge in [-0.05, 0) is 55.9 Å². The second-order valence-electron chi connectivity index (χ2n) is 9.73. The molecule has 1 aliphatic carbocycles. The summed E-state index contributed by atoms with van der Waals surface area (Å²) in [5, 5.41) is 5.59. The summed E-state index contributed by atoms with van der Waals surface area (Å²) in [4.78, 5) is 34.3. The van der Waals surface area contributed by atoms with E-state index in [0.29, 0.717) is 29.4 Å². The Hall–Kier alpha value is -2.84. The standard InChI is InChI=1S/C25H27ClN4O4/c1-33-12-21-19(11-27-34-21)23(31)29-13-25(14-29)8-3-9-30(25)24(32)17-5-2-4-16-18-10-15(26)6-7-20(18)28-22(16)17/h6-7,10-11,17,28H,2-5,8-9,12-14H2,1H3. The number of hydrogen-bond acceptors (Lipinski definition) is 5. The van der Waals surface area contributed by atoms with E-state index in [1.54, 1.807) is 12.0 Å². The number of nitrogens with one attached hydrogen (secondary N) is 1. The van der Waals surface area contributed by atoms with Crippen LogP contribution in [-0.2, 0) is 22.6 Å². The fourth-order valence-corrected chi connectivity index (χ4v) is 6.30. The van der Waals surface area contributed by atoms with Gasteiger partial charge in [0, 0.05) is 48.4 Å². The fraction of sp³-hybridized carbons (Fsp3) is 0.480. The molecule has 2 saturated heterocycles. The summed E-state index contributed by atoms with van der Waals surface area (Å²) >= 11 is 6.25. The Balaban J connectivity index is 1.23. The lowest BCUT2D eigenvalue weighted by Crippen LogP contribution is -2.70. The molecule has 4 heterocycles. The SMILES string of the molecule is COCc1oncc1C(=O)N1CC2(CCCN2C(=O)C2CCCc3c2[nH]c2ccc(Cl)cc32)C1. The van der Waals surface area contributed by atoms with Crippen LogP contribution in [0.25, 0.3) is 10.9 Å². The molecule has 2 aliphatic heterocycles. The minimum Gasteiger partial charge on any atom is -0.377 e. The Morgan fingerprint density at radius 1 is 1.32 bits per heavy atom. The number of methoxy groups -OCH3 is 1. The summed E-state index contributed by atoms with van der Waals surface area (Å²) < 4.78 is 10.3. The van der Waals surface area contributed by atoms with Crippen molar-refractivity contribution in [1.29, 1.82) is 0 Å². The van der Waals surface area contributed by atoms with Gasteiger partial charge in [-0.2, -0.15) is 0 Å². The maximum atomic E-state index is 13.9.